The van der Waals surface area contributed by atoms with Crippen LogP contribution in [-0.2, 0) is 4.79 Å². The third-order valence-electron chi connectivity index (χ3n) is 4.72. The summed E-state index contributed by atoms with van der Waals surface area (Å²) in [6.45, 7) is 15.5. The molecule has 0 radical (unpaired) electrons. The van der Waals surface area contributed by atoms with Crippen molar-refractivity contribution in [3.05, 3.63) is 0 Å². The van der Waals surface area contributed by atoms with Crippen molar-refractivity contribution in [3.63, 3.8) is 0 Å². The van der Waals surface area contributed by atoms with Crippen molar-refractivity contribution in [2.75, 3.05) is 0 Å². The number of rotatable bonds is 7. The second-order valence-electron chi connectivity index (χ2n) is 7.11. The Morgan fingerprint density at radius 2 is 1.74 bits per heavy atom. The van der Waals surface area contributed by atoms with Crippen molar-refractivity contribution in [1.82, 2.24) is 0 Å². The summed E-state index contributed by atoms with van der Waals surface area (Å²) in [6.07, 6.45) is 5.96. The average molecular weight is 281 g/mol. The summed E-state index contributed by atoms with van der Waals surface area (Å²) in [5.41, 5.74) is 0.191. The largest absolute Gasteiger partial charge is 0.285 e. The zero-order valence-electron chi connectivity index (χ0n) is 14.0. The molecule has 0 aromatic carbocycles. The van der Waals surface area contributed by atoms with Gasteiger partial charge in [0.2, 0.25) is 5.78 Å². The summed E-state index contributed by atoms with van der Waals surface area (Å²) < 4.78 is 0. The molecule has 0 aromatic rings. The van der Waals surface area contributed by atoms with Gasteiger partial charge in [-0.15, -0.1) is 0 Å². The lowest BCUT2D eigenvalue weighted by Crippen LogP contribution is -2.45. The van der Waals surface area contributed by atoms with E-state index in [0.717, 1.165) is 6.42 Å². The molecule has 0 aliphatic carbocycles. The van der Waals surface area contributed by atoms with Gasteiger partial charge in [0.25, 0.3) is 0 Å². The zero-order valence-corrected chi connectivity index (χ0v) is 15.0. The van der Waals surface area contributed by atoms with Gasteiger partial charge in [0.05, 0.1) is 8.07 Å². The first-order valence-corrected chi connectivity index (χ1v) is 10.7. The van der Waals surface area contributed by atoms with Gasteiger partial charge in [0, 0.05) is 5.54 Å². The molecule has 1 atom stereocenters. The Balaban J connectivity index is 4.95. The lowest BCUT2D eigenvalue weighted by molar-refractivity contribution is -0.114. The minimum absolute atomic E-state index is 0.186. The minimum Gasteiger partial charge on any atom is -0.285 e. The summed E-state index contributed by atoms with van der Waals surface area (Å²) in [6, 6.07) is 0. The summed E-state index contributed by atoms with van der Waals surface area (Å²) in [5.74, 6) is 5.79. The maximum atomic E-state index is 12.4. The van der Waals surface area contributed by atoms with E-state index in [1.807, 2.05) is 0 Å². The topological polar surface area (TPSA) is 17.1 Å². The van der Waals surface area contributed by atoms with Crippen LogP contribution >= 0.6 is 0 Å². The molecule has 0 aromatic heterocycles. The highest BCUT2D eigenvalue weighted by Gasteiger charge is 2.44. The van der Waals surface area contributed by atoms with Gasteiger partial charge in [0.1, 0.15) is 0 Å². The first-order valence-electron chi connectivity index (χ1n) is 7.65. The van der Waals surface area contributed by atoms with Crippen LogP contribution in [-0.4, -0.2) is 13.9 Å². The maximum absolute atomic E-state index is 12.4. The number of hydrogen-bond donors (Lipinski definition) is 0. The van der Waals surface area contributed by atoms with E-state index in [1.165, 1.54) is 25.7 Å². The molecule has 0 aliphatic rings. The Morgan fingerprint density at radius 1 is 1.16 bits per heavy atom. The highest BCUT2D eigenvalue weighted by molar-refractivity contribution is 6.84. The molecule has 19 heavy (non-hydrogen) atoms. The van der Waals surface area contributed by atoms with Crippen LogP contribution in [0.1, 0.15) is 66.7 Å². The van der Waals surface area contributed by atoms with Gasteiger partial charge < -0.3 is 0 Å². The van der Waals surface area contributed by atoms with Crippen molar-refractivity contribution in [2.24, 2.45) is 0 Å². The van der Waals surface area contributed by atoms with E-state index in [4.69, 9.17) is 0 Å². The third-order valence-corrected chi connectivity index (χ3v) is 10.9. The monoisotopic (exact) mass is 280 g/mol. The second kappa shape index (κ2) is 7.90. The Hall–Kier alpha value is -0.553. The van der Waals surface area contributed by atoms with Crippen LogP contribution in [0.25, 0.3) is 0 Å². The molecule has 0 spiro atoms. The van der Waals surface area contributed by atoms with Gasteiger partial charge in [-0.25, -0.2) is 0 Å². The average Bonchev–Trinajstić information content (AvgIpc) is 2.27. The molecular weight excluding hydrogens is 248 g/mol. The smallest absolute Gasteiger partial charge is 0.205 e. The molecule has 2 heteroatoms. The van der Waals surface area contributed by atoms with Crippen molar-refractivity contribution >= 4 is 13.9 Å². The summed E-state index contributed by atoms with van der Waals surface area (Å²) >= 11 is 0. The lowest BCUT2D eigenvalue weighted by atomic mass is 10.1. The van der Waals surface area contributed by atoms with E-state index in [0.29, 0.717) is 0 Å². The van der Waals surface area contributed by atoms with Crippen LogP contribution in [0.4, 0.5) is 0 Å². The van der Waals surface area contributed by atoms with Gasteiger partial charge >= 0.3 is 0 Å². The third kappa shape index (κ3) is 5.53. The standard InChI is InChI=1S/C17H32OSi/c1-8-10-11-12-14-16(15(18)13-9-2)19(6,7)17(3,4)5/h16H,8,10-12,14H2,1-7H3. The van der Waals surface area contributed by atoms with E-state index in [9.17, 15) is 4.79 Å². The van der Waals surface area contributed by atoms with Gasteiger partial charge in [-0.1, -0.05) is 72.4 Å². The SMILES string of the molecule is CC#CC(=O)C(CCCCCC)[Si](C)(C)C(C)(C)C. The predicted molar refractivity (Wildman–Crippen MR) is 88.2 cm³/mol. The quantitative estimate of drug-likeness (QED) is 0.263. The first-order chi connectivity index (χ1) is 8.68. The molecule has 0 aliphatic heterocycles. The number of ketones is 1. The van der Waals surface area contributed by atoms with Gasteiger partial charge in [0.15, 0.2) is 0 Å². The van der Waals surface area contributed by atoms with E-state index >= 15 is 0 Å². The fourth-order valence-electron chi connectivity index (χ4n) is 2.33. The Kier molecular flexibility index (Phi) is 7.67. The van der Waals surface area contributed by atoms with Crippen LogP contribution in [0.5, 0.6) is 0 Å². The van der Waals surface area contributed by atoms with Crippen LogP contribution in [0.15, 0.2) is 0 Å². The summed E-state index contributed by atoms with van der Waals surface area (Å²) in [5, 5.41) is 0.244. The van der Waals surface area contributed by atoms with Crippen molar-refractivity contribution < 1.29 is 4.79 Å². The highest BCUT2D eigenvalue weighted by atomic mass is 28.3. The molecule has 0 saturated carbocycles. The minimum atomic E-state index is -1.65. The number of unbranched alkanes of at least 4 members (excludes halogenated alkanes) is 3. The maximum Gasteiger partial charge on any atom is 0.205 e. The predicted octanol–water partition coefficient (Wildman–Crippen LogP) is 5.43. The molecule has 0 saturated heterocycles. The van der Waals surface area contributed by atoms with E-state index in [-0.39, 0.29) is 16.4 Å². The van der Waals surface area contributed by atoms with Crippen molar-refractivity contribution in [1.29, 1.82) is 0 Å². The molecule has 0 amide bonds. The van der Waals surface area contributed by atoms with Gasteiger partial charge in [-0.05, 0) is 24.3 Å². The van der Waals surface area contributed by atoms with Crippen LogP contribution < -0.4 is 0 Å². The molecule has 0 rings (SSSR count). The lowest BCUT2D eigenvalue weighted by Gasteiger charge is -2.42. The molecule has 0 bridgehead atoms. The molecular formula is C17H32OSi. The summed E-state index contributed by atoms with van der Waals surface area (Å²) in [7, 11) is -1.65. The first kappa shape index (κ1) is 18.4. The molecule has 0 heterocycles. The van der Waals surface area contributed by atoms with Crippen LogP contribution in [0, 0.1) is 11.8 Å². The van der Waals surface area contributed by atoms with Crippen LogP contribution in [0.3, 0.4) is 0 Å². The summed E-state index contributed by atoms with van der Waals surface area (Å²) in [4.78, 5) is 12.4. The normalized spacial score (nSPS) is 13.6. The Labute approximate surface area is 121 Å². The molecule has 110 valence electrons. The zero-order chi connectivity index (χ0) is 15.1. The molecule has 0 N–H and O–H groups in total. The van der Waals surface area contributed by atoms with Crippen LogP contribution in [0.2, 0.25) is 23.7 Å². The fourth-order valence-corrected chi connectivity index (χ4v) is 5.03. The van der Waals surface area contributed by atoms with Crippen molar-refractivity contribution in [2.45, 2.75) is 90.4 Å². The fraction of sp³-hybridized carbons (Fsp3) is 0.824. The molecule has 0 fully saturated rings. The Morgan fingerprint density at radius 3 is 2.16 bits per heavy atom. The van der Waals surface area contributed by atoms with Gasteiger partial charge in [-0.2, -0.15) is 0 Å². The Bertz CT molecular complexity index is 338. The van der Waals surface area contributed by atoms with E-state index < -0.39 is 8.07 Å². The van der Waals surface area contributed by atoms with E-state index in [1.54, 1.807) is 6.92 Å². The number of hydrogen-bond acceptors (Lipinski definition) is 1. The number of carbonyl (C=O) groups is 1. The molecule has 1 unspecified atom stereocenters. The number of Topliss-reactive ketones (excluding diaryl/α,β-unsaturated/α-hetero) is 1. The van der Waals surface area contributed by atoms with Crippen molar-refractivity contribution in [3.8, 4) is 11.8 Å². The number of carbonyl (C=O) groups excluding carboxylic acids is 1. The van der Waals surface area contributed by atoms with E-state index in [2.05, 4.69) is 52.6 Å². The molecule has 1 nitrogen and oxygen atoms in total. The highest BCUT2D eigenvalue weighted by Crippen LogP contribution is 2.45. The second-order valence-corrected chi connectivity index (χ2v) is 12.8. The van der Waals surface area contributed by atoms with Gasteiger partial charge in [-0.3, -0.25) is 4.79 Å².